The minimum atomic E-state index is -3.63. The van der Waals surface area contributed by atoms with Crippen molar-refractivity contribution in [3.05, 3.63) is 53.4 Å². The molecule has 1 aromatic carbocycles. The molecule has 140 valence electrons. The number of hydrogen-bond acceptors (Lipinski definition) is 5. The van der Waals surface area contributed by atoms with E-state index >= 15 is 0 Å². The zero-order valence-corrected chi connectivity index (χ0v) is 16.5. The van der Waals surface area contributed by atoms with Gasteiger partial charge < -0.3 is 4.74 Å². The quantitative estimate of drug-likeness (QED) is 0.671. The van der Waals surface area contributed by atoms with E-state index in [1.807, 2.05) is 30.3 Å². The molecule has 0 N–H and O–H groups in total. The molecule has 26 heavy (non-hydrogen) atoms. The number of likely N-dealkylation sites (N-methyl/N-ethyl adjacent to an activating group) is 1. The molecule has 0 radical (unpaired) electrons. The minimum absolute atomic E-state index is 0.0624. The molecule has 0 amide bonds. The SMILES string of the molecule is C[C@@H]([C@@H](OC(=O)C1CCC1)c1ccccc1)N(C)S(=O)(=O)c1cccs1. The summed E-state index contributed by atoms with van der Waals surface area (Å²) in [5.74, 6) is -0.300. The van der Waals surface area contributed by atoms with Crippen molar-refractivity contribution in [2.75, 3.05) is 7.05 Å². The standard InChI is InChI=1S/C19H23NO4S2/c1-14(20(2)26(22,23)17-12-7-13-25-17)18(15-8-4-3-5-9-15)24-19(21)16-10-6-11-16/h3-5,7-9,12-14,16,18H,6,10-11H2,1-2H3/t14-,18+/m0/s1. The Balaban J connectivity index is 1.86. The van der Waals surface area contributed by atoms with Crippen molar-refractivity contribution in [2.45, 2.75) is 42.5 Å². The van der Waals surface area contributed by atoms with Crippen LogP contribution >= 0.6 is 11.3 Å². The Hall–Kier alpha value is -1.70. The number of carbonyl (C=O) groups is 1. The van der Waals surface area contributed by atoms with Gasteiger partial charge in [-0.15, -0.1) is 11.3 Å². The van der Waals surface area contributed by atoms with Crippen LogP contribution in [0, 0.1) is 5.92 Å². The lowest BCUT2D eigenvalue weighted by Crippen LogP contribution is -2.41. The summed E-state index contributed by atoms with van der Waals surface area (Å²) in [4.78, 5) is 12.4. The zero-order valence-electron chi connectivity index (χ0n) is 14.9. The number of esters is 1. The van der Waals surface area contributed by atoms with E-state index in [4.69, 9.17) is 4.74 Å². The van der Waals surface area contributed by atoms with E-state index in [0.29, 0.717) is 0 Å². The van der Waals surface area contributed by atoms with Crippen molar-refractivity contribution < 1.29 is 17.9 Å². The Kier molecular flexibility index (Phi) is 5.79. The van der Waals surface area contributed by atoms with Gasteiger partial charge in [-0.25, -0.2) is 8.42 Å². The van der Waals surface area contributed by atoms with E-state index in [1.54, 1.807) is 24.4 Å². The van der Waals surface area contributed by atoms with Crippen LogP contribution in [0.1, 0.15) is 37.9 Å². The number of benzene rings is 1. The number of sulfonamides is 1. The molecule has 1 aliphatic rings. The first-order valence-corrected chi connectivity index (χ1v) is 11.0. The second kappa shape index (κ2) is 7.90. The average Bonchev–Trinajstić information content (AvgIpc) is 3.13. The summed E-state index contributed by atoms with van der Waals surface area (Å²) in [7, 11) is -2.10. The first-order valence-electron chi connectivity index (χ1n) is 8.68. The molecule has 5 nitrogen and oxygen atoms in total. The topological polar surface area (TPSA) is 63.7 Å². The van der Waals surface area contributed by atoms with E-state index in [9.17, 15) is 13.2 Å². The van der Waals surface area contributed by atoms with Gasteiger partial charge >= 0.3 is 5.97 Å². The second-order valence-corrected chi connectivity index (χ2v) is 9.76. The van der Waals surface area contributed by atoms with Crippen LogP contribution in [-0.2, 0) is 19.6 Å². The monoisotopic (exact) mass is 393 g/mol. The molecule has 1 aromatic heterocycles. The van der Waals surface area contributed by atoms with Crippen LogP contribution in [-0.4, -0.2) is 31.8 Å². The van der Waals surface area contributed by atoms with Crippen LogP contribution in [0.15, 0.2) is 52.1 Å². The number of thiophene rings is 1. The van der Waals surface area contributed by atoms with Gasteiger partial charge in [-0.05, 0) is 36.8 Å². The first kappa shape index (κ1) is 19.1. The van der Waals surface area contributed by atoms with Crippen molar-refractivity contribution in [2.24, 2.45) is 5.92 Å². The van der Waals surface area contributed by atoms with E-state index < -0.39 is 22.2 Å². The molecule has 0 spiro atoms. The summed E-state index contributed by atoms with van der Waals surface area (Å²) in [5, 5.41) is 1.73. The number of hydrogen-bond donors (Lipinski definition) is 0. The van der Waals surface area contributed by atoms with Gasteiger partial charge in [0, 0.05) is 7.05 Å². The van der Waals surface area contributed by atoms with Crippen LogP contribution in [0.2, 0.25) is 0 Å². The Morgan fingerprint density at radius 3 is 2.42 bits per heavy atom. The third-order valence-corrected chi connectivity index (χ3v) is 8.27. The fourth-order valence-electron chi connectivity index (χ4n) is 2.91. The molecule has 0 saturated heterocycles. The first-order chi connectivity index (χ1) is 12.4. The maximum Gasteiger partial charge on any atom is 0.309 e. The maximum atomic E-state index is 12.9. The highest BCUT2D eigenvalue weighted by Gasteiger charge is 2.36. The van der Waals surface area contributed by atoms with Gasteiger partial charge in [0.05, 0.1) is 12.0 Å². The molecule has 0 bridgehead atoms. The molecule has 7 heteroatoms. The molecule has 2 atom stereocenters. The molecular formula is C19H23NO4S2. The third kappa shape index (κ3) is 3.84. The van der Waals surface area contributed by atoms with Crippen LogP contribution in [0.4, 0.5) is 0 Å². The van der Waals surface area contributed by atoms with Gasteiger partial charge in [0.2, 0.25) is 0 Å². The number of ether oxygens (including phenoxy) is 1. The van der Waals surface area contributed by atoms with E-state index in [0.717, 1.165) is 24.8 Å². The smallest absolute Gasteiger partial charge is 0.309 e. The lowest BCUT2D eigenvalue weighted by Gasteiger charge is -2.33. The highest BCUT2D eigenvalue weighted by Crippen LogP contribution is 2.33. The van der Waals surface area contributed by atoms with Crippen LogP contribution in [0.3, 0.4) is 0 Å². The highest BCUT2D eigenvalue weighted by atomic mass is 32.2. The zero-order chi connectivity index (χ0) is 18.7. The summed E-state index contributed by atoms with van der Waals surface area (Å²) in [5.41, 5.74) is 0.793. The van der Waals surface area contributed by atoms with Gasteiger partial charge in [-0.1, -0.05) is 42.8 Å². The lowest BCUT2D eigenvalue weighted by molar-refractivity contribution is -0.159. The van der Waals surface area contributed by atoms with E-state index in [2.05, 4.69) is 0 Å². The van der Waals surface area contributed by atoms with Gasteiger partial charge in [0.25, 0.3) is 10.0 Å². The highest BCUT2D eigenvalue weighted by molar-refractivity contribution is 7.91. The molecular weight excluding hydrogens is 370 g/mol. The van der Waals surface area contributed by atoms with Crippen LogP contribution < -0.4 is 0 Å². The summed E-state index contributed by atoms with van der Waals surface area (Å²) in [6, 6.07) is 12.1. The molecule has 1 saturated carbocycles. The molecule has 0 unspecified atom stereocenters. The molecule has 1 heterocycles. The number of rotatable bonds is 7. The molecule has 0 aliphatic heterocycles. The molecule has 3 rings (SSSR count). The Labute approximate surface area is 158 Å². The fraction of sp³-hybridized carbons (Fsp3) is 0.421. The van der Waals surface area contributed by atoms with Crippen LogP contribution in [0.5, 0.6) is 0 Å². The summed E-state index contributed by atoms with van der Waals surface area (Å²) in [6.07, 6.45) is 2.08. The predicted octanol–water partition coefficient (Wildman–Crippen LogP) is 3.84. The molecule has 1 aliphatic carbocycles. The second-order valence-electron chi connectivity index (χ2n) is 6.59. The lowest BCUT2D eigenvalue weighted by atomic mass is 9.85. The Bertz CT molecular complexity index is 830. The summed E-state index contributed by atoms with van der Waals surface area (Å²) < 4.78 is 33.1. The summed E-state index contributed by atoms with van der Waals surface area (Å²) >= 11 is 1.18. The van der Waals surface area contributed by atoms with Crippen LogP contribution in [0.25, 0.3) is 0 Å². The van der Waals surface area contributed by atoms with Crippen molar-refractivity contribution in [3.63, 3.8) is 0 Å². The minimum Gasteiger partial charge on any atom is -0.456 e. The molecule has 1 fully saturated rings. The van der Waals surface area contributed by atoms with Crippen molar-refractivity contribution in [1.29, 1.82) is 0 Å². The van der Waals surface area contributed by atoms with Crippen molar-refractivity contribution in [3.8, 4) is 0 Å². The Morgan fingerprint density at radius 1 is 1.19 bits per heavy atom. The number of carbonyl (C=O) groups excluding carboxylic acids is 1. The van der Waals surface area contributed by atoms with Crippen molar-refractivity contribution in [1.82, 2.24) is 4.31 Å². The van der Waals surface area contributed by atoms with Gasteiger partial charge in [-0.3, -0.25) is 4.79 Å². The van der Waals surface area contributed by atoms with E-state index in [1.165, 1.54) is 22.7 Å². The van der Waals surface area contributed by atoms with Gasteiger partial charge in [0.15, 0.2) is 0 Å². The van der Waals surface area contributed by atoms with E-state index in [-0.39, 0.29) is 16.1 Å². The normalized spacial score (nSPS) is 17.5. The number of nitrogens with zero attached hydrogens (tertiary/aromatic N) is 1. The van der Waals surface area contributed by atoms with Gasteiger partial charge in [0.1, 0.15) is 10.3 Å². The molecule has 2 aromatic rings. The summed E-state index contributed by atoms with van der Waals surface area (Å²) in [6.45, 7) is 1.77. The van der Waals surface area contributed by atoms with Gasteiger partial charge in [-0.2, -0.15) is 4.31 Å². The maximum absolute atomic E-state index is 12.9. The Morgan fingerprint density at radius 2 is 1.88 bits per heavy atom. The average molecular weight is 394 g/mol. The van der Waals surface area contributed by atoms with Crippen molar-refractivity contribution >= 4 is 27.3 Å². The largest absolute Gasteiger partial charge is 0.456 e. The third-order valence-electron chi connectivity index (χ3n) is 4.95. The predicted molar refractivity (Wildman–Crippen MR) is 101 cm³/mol. The fourth-order valence-corrected chi connectivity index (χ4v) is 5.45.